The molecule has 3 nitrogen and oxygen atoms in total. The predicted molar refractivity (Wildman–Crippen MR) is 68.9 cm³/mol. The van der Waals surface area contributed by atoms with E-state index in [0.29, 0.717) is 0 Å². The first-order valence-electron chi connectivity index (χ1n) is 5.09. The Balaban J connectivity index is 3.99. The van der Waals surface area contributed by atoms with Crippen LogP contribution in [0.4, 0.5) is 0 Å². The molecule has 0 N–H and O–H groups in total. The van der Waals surface area contributed by atoms with Gasteiger partial charge in [0.1, 0.15) is 0 Å². The summed E-state index contributed by atoms with van der Waals surface area (Å²) >= 11 is 0. The van der Waals surface area contributed by atoms with Gasteiger partial charge in [-0.05, 0) is 36.7 Å². The Labute approximate surface area is 98.0 Å². The lowest BCUT2D eigenvalue weighted by atomic mass is 10.3. The molecule has 0 aromatic rings. The monoisotopic (exact) mass is 220 g/mol. The lowest BCUT2D eigenvalue weighted by molar-refractivity contribution is -0.110. The highest BCUT2D eigenvalue weighted by Crippen LogP contribution is 1.86. The van der Waals surface area contributed by atoms with Crippen LogP contribution < -0.4 is 0 Å². The normalized spacial score (nSPS) is 12.2. The Hall–Kier alpha value is -1.77. The van der Waals surface area contributed by atoms with Crippen molar-refractivity contribution < 1.29 is 4.79 Å². The zero-order valence-electron chi connectivity index (χ0n) is 10.4. The van der Waals surface area contributed by atoms with Crippen LogP contribution in [0.5, 0.6) is 0 Å². The summed E-state index contributed by atoms with van der Waals surface area (Å²) in [6.07, 6.45) is 13.9. The minimum Gasteiger partial charge on any atom is -0.383 e. The van der Waals surface area contributed by atoms with Crippen molar-refractivity contribution in [3.05, 3.63) is 48.9 Å². The fourth-order valence-electron chi connectivity index (χ4n) is 0.800. The molecule has 0 fully saturated rings. The van der Waals surface area contributed by atoms with Crippen molar-refractivity contribution in [2.45, 2.75) is 0 Å². The Morgan fingerprint density at radius 1 is 0.750 bits per heavy atom. The number of carbonyl (C=O) groups is 1. The molecule has 0 spiro atoms. The molecule has 0 unspecified atom stereocenters. The van der Waals surface area contributed by atoms with Crippen molar-refractivity contribution in [3.63, 3.8) is 0 Å². The van der Waals surface area contributed by atoms with Gasteiger partial charge < -0.3 is 9.80 Å². The number of allylic oxidation sites excluding steroid dienone is 6. The van der Waals surface area contributed by atoms with Crippen LogP contribution in [0.1, 0.15) is 0 Å². The molecule has 0 rings (SSSR count). The fraction of sp³-hybridized carbons (Fsp3) is 0.308. The molecule has 0 atom stereocenters. The van der Waals surface area contributed by atoms with Gasteiger partial charge in [-0.1, -0.05) is 12.2 Å². The first kappa shape index (κ1) is 14.2. The highest BCUT2D eigenvalue weighted by atomic mass is 16.1. The first-order valence-corrected chi connectivity index (χ1v) is 5.09. The zero-order valence-corrected chi connectivity index (χ0v) is 10.4. The molecule has 3 heteroatoms. The summed E-state index contributed by atoms with van der Waals surface area (Å²) in [6, 6.07) is 0. The standard InChI is InChI=1S/C13H20N2O/c1-14(2)11-7-5-9-13(16)10-6-8-12-15(3)4/h5-12H,1-4H3. The van der Waals surface area contributed by atoms with Crippen LogP contribution in [0.2, 0.25) is 0 Å². The third-order valence-corrected chi connectivity index (χ3v) is 1.51. The van der Waals surface area contributed by atoms with Gasteiger partial charge in [0, 0.05) is 28.2 Å². The lowest BCUT2D eigenvalue weighted by Gasteiger charge is -2.00. The van der Waals surface area contributed by atoms with Crippen molar-refractivity contribution in [3.8, 4) is 0 Å². The van der Waals surface area contributed by atoms with Gasteiger partial charge in [-0.15, -0.1) is 0 Å². The highest BCUT2D eigenvalue weighted by Gasteiger charge is 1.84. The Bertz CT molecular complexity index is 280. The summed E-state index contributed by atoms with van der Waals surface area (Å²) < 4.78 is 0. The zero-order chi connectivity index (χ0) is 12.4. The Morgan fingerprint density at radius 3 is 1.44 bits per heavy atom. The number of rotatable bonds is 6. The van der Waals surface area contributed by atoms with E-state index in [0.717, 1.165) is 0 Å². The van der Waals surface area contributed by atoms with Gasteiger partial charge in [0.15, 0.2) is 5.78 Å². The number of hydrogen-bond acceptors (Lipinski definition) is 3. The van der Waals surface area contributed by atoms with Crippen molar-refractivity contribution in [2.75, 3.05) is 28.2 Å². The minimum atomic E-state index is -0.0215. The number of nitrogens with zero attached hydrogens (tertiary/aromatic N) is 2. The van der Waals surface area contributed by atoms with Crippen LogP contribution in [0.15, 0.2) is 48.9 Å². The number of carbonyl (C=O) groups excluding carboxylic acids is 1. The fourth-order valence-corrected chi connectivity index (χ4v) is 0.800. The van der Waals surface area contributed by atoms with Gasteiger partial charge >= 0.3 is 0 Å². The maximum atomic E-state index is 11.3. The van der Waals surface area contributed by atoms with E-state index < -0.39 is 0 Å². The van der Waals surface area contributed by atoms with Gasteiger partial charge in [0.25, 0.3) is 0 Å². The van der Waals surface area contributed by atoms with Crippen molar-refractivity contribution in [1.82, 2.24) is 9.80 Å². The SMILES string of the molecule is CN(C)C=CC=CC(=O)C=CC=CN(C)C. The van der Waals surface area contributed by atoms with Crippen molar-refractivity contribution in [2.24, 2.45) is 0 Å². The van der Waals surface area contributed by atoms with E-state index in [2.05, 4.69) is 0 Å². The molecular formula is C13H20N2O. The number of ketones is 1. The summed E-state index contributed by atoms with van der Waals surface area (Å²) in [6.45, 7) is 0. The second-order valence-corrected chi connectivity index (χ2v) is 3.73. The third kappa shape index (κ3) is 10.3. The second kappa shape index (κ2) is 8.53. The summed E-state index contributed by atoms with van der Waals surface area (Å²) in [5.41, 5.74) is 0. The minimum absolute atomic E-state index is 0.0215. The molecule has 0 radical (unpaired) electrons. The van der Waals surface area contributed by atoms with E-state index in [1.54, 1.807) is 12.2 Å². The second-order valence-electron chi connectivity index (χ2n) is 3.73. The molecule has 0 saturated carbocycles. The first-order chi connectivity index (χ1) is 7.52. The van der Waals surface area contributed by atoms with Crippen molar-refractivity contribution in [1.29, 1.82) is 0 Å². The van der Waals surface area contributed by atoms with Crippen LogP contribution in [0.3, 0.4) is 0 Å². The predicted octanol–water partition coefficient (Wildman–Crippen LogP) is 1.82. The molecule has 0 aromatic heterocycles. The molecular weight excluding hydrogens is 200 g/mol. The highest BCUT2D eigenvalue weighted by molar-refractivity contribution is 5.99. The van der Waals surface area contributed by atoms with E-state index in [1.807, 2.05) is 62.5 Å². The quantitative estimate of drug-likeness (QED) is 0.504. The van der Waals surface area contributed by atoms with E-state index in [4.69, 9.17) is 0 Å². The van der Waals surface area contributed by atoms with Gasteiger partial charge in [0.05, 0.1) is 0 Å². The maximum Gasteiger partial charge on any atom is 0.178 e. The molecule has 0 saturated heterocycles. The van der Waals surface area contributed by atoms with Gasteiger partial charge in [-0.3, -0.25) is 4.79 Å². The summed E-state index contributed by atoms with van der Waals surface area (Å²) in [5.74, 6) is -0.0215. The summed E-state index contributed by atoms with van der Waals surface area (Å²) in [5, 5.41) is 0. The molecule has 0 aromatic carbocycles. The average Bonchev–Trinajstić information content (AvgIpc) is 2.19. The van der Waals surface area contributed by atoms with Crippen LogP contribution in [0.25, 0.3) is 0 Å². The van der Waals surface area contributed by atoms with Gasteiger partial charge in [-0.2, -0.15) is 0 Å². The third-order valence-electron chi connectivity index (χ3n) is 1.51. The van der Waals surface area contributed by atoms with E-state index in [-0.39, 0.29) is 5.78 Å². The summed E-state index contributed by atoms with van der Waals surface area (Å²) in [7, 11) is 7.71. The average molecular weight is 220 g/mol. The molecule has 0 aliphatic rings. The van der Waals surface area contributed by atoms with Crippen LogP contribution >= 0.6 is 0 Å². The topological polar surface area (TPSA) is 23.6 Å². The molecule has 0 amide bonds. The van der Waals surface area contributed by atoms with Crippen molar-refractivity contribution >= 4 is 5.78 Å². The smallest absolute Gasteiger partial charge is 0.178 e. The van der Waals surface area contributed by atoms with E-state index in [1.165, 1.54) is 12.2 Å². The molecule has 16 heavy (non-hydrogen) atoms. The molecule has 0 bridgehead atoms. The van der Waals surface area contributed by atoms with Gasteiger partial charge in [-0.25, -0.2) is 0 Å². The lowest BCUT2D eigenvalue weighted by Crippen LogP contribution is -1.99. The Morgan fingerprint density at radius 2 is 1.12 bits per heavy atom. The van der Waals surface area contributed by atoms with Crippen LogP contribution in [-0.2, 0) is 4.79 Å². The molecule has 88 valence electrons. The number of hydrogen-bond donors (Lipinski definition) is 0. The maximum absolute atomic E-state index is 11.3. The van der Waals surface area contributed by atoms with E-state index >= 15 is 0 Å². The molecule has 0 aliphatic carbocycles. The van der Waals surface area contributed by atoms with Gasteiger partial charge in [0.2, 0.25) is 0 Å². The van der Waals surface area contributed by atoms with Crippen LogP contribution in [-0.4, -0.2) is 43.8 Å². The largest absolute Gasteiger partial charge is 0.383 e. The van der Waals surface area contributed by atoms with E-state index in [9.17, 15) is 4.79 Å². The van der Waals surface area contributed by atoms with Crippen LogP contribution in [0, 0.1) is 0 Å². The summed E-state index contributed by atoms with van der Waals surface area (Å²) in [4.78, 5) is 15.1. The molecule has 0 aliphatic heterocycles. The Kier molecular flexibility index (Phi) is 7.59. The molecule has 0 heterocycles.